The Labute approximate surface area is 170 Å². The molecular weight excluding hydrogens is 366 g/mol. The maximum Gasteiger partial charge on any atom is 0.246 e. The topological polar surface area (TPSA) is 89.2 Å². The zero-order valence-corrected chi connectivity index (χ0v) is 16.5. The molecule has 2 aromatic rings. The molecule has 2 aromatic heterocycles. The summed E-state index contributed by atoms with van der Waals surface area (Å²) in [5, 5.41) is 9.41. The Bertz CT molecular complexity index is 989. The summed E-state index contributed by atoms with van der Waals surface area (Å²) in [6, 6.07) is 3.99. The molecule has 0 atom stereocenters. The zero-order valence-electron chi connectivity index (χ0n) is 16.5. The summed E-state index contributed by atoms with van der Waals surface area (Å²) in [5.74, 6) is 1.69. The average Bonchev–Trinajstić information content (AvgIpc) is 2.77. The van der Waals surface area contributed by atoms with Crippen LogP contribution < -0.4 is 9.80 Å². The number of aromatic nitrogens is 3. The Morgan fingerprint density at radius 1 is 1.21 bits per heavy atom. The number of nitriles is 1. The highest BCUT2D eigenvalue weighted by Crippen LogP contribution is 2.30. The fraction of sp³-hybridized carbons (Fsp3) is 0.381. The van der Waals surface area contributed by atoms with Gasteiger partial charge in [0.1, 0.15) is 17.7 Å². The van der Waals surface area contributed by atoms with Gasteiger partial charge in [0.2, 0.25) is 5.91 Å². The number of anilines is 2. The lowest BCUT2D eigenvalue weighted by atomic mass is 10.0. The molecule has 8 nitrogen and oxygen atoms in total. The van der Waals surface area contributed by atoms with E-state index in [0.717, 1.165) is 54.6 Å². The first-order valence-electron chi connectivity index (χ1n) is 9.72. The molecule has 0 spiro atoms. The van der Waals surface area contributed by atoms with Crippen molar-refractivity contribution >= 4 is 17.4 Å². The average molecular weight is 389 g/mol. The van der Waals surface area contributed by atoms with Crippen molar-refractivity contribution in [2.24, 2.45) is 0 Å². The molecule has 0 aromatic carbocycles. The van der Waals surface area contributed by atoms with Crippen LogP contribution in [0.3, 0.4) is 0 Å². The summed E-state index contributed by atoms with van der Waals surface area (Å²) < 4.78 is 0. The van der Waals surface area contributed by atoms with E-state index >= 15 is 0 Å². The lowest BCUT2D eigenvalue weighted by Gasteiger charge is -2.38. The molecule has 0 aliphatic carbocycles. The third-order valence-electron chi connectivity index (χ3n) is 5.48. The van der Waals surface area contributed by atoms with Crippen LogP contribution in [-0.4, -0.2) is 58.5 Å². The third kappa shape index (κ3) is 3.63. The van der Waals surface area contributed by atoms with E-state index in [4.69, 9.17) is 9.97 Å². The number of fused-ring (bicyclic) bond motifs is 1. The van der Waals surface area contributed by atoms with Crippen LogP contribution in [0.4, 0.5) is 11.5 Å². The van der Waals surface area contributed by atoms with Crippen molar-refractivity contribution in [3.05, 3.63) is 53.8 Å². The van der Waals surface area contributed by atoms with Crippen molar-refractivity contribution in [2.75, 3.05) is 42.5 Å². The lowest BCUT2D eigenvalue weighted by Crippen LogP contribution is -2.49. The van der Waals surface area contributed by atoms with E-state index in [1.165, 1.54) is 6.08 Å². The molecule has 0 bridgehead atoms. The second kappa shape index (κ2) is 7.87. The minimum atomic E-state index is -0.0223. The molecule has 2 aliphatic heterocycles. The van der Waals surface area contributed by atoms with Crippen LogP contribution in [0.15, 0.2) is 31.1 Å². The van der Waals surface area contributed by atoms with Crippen molar-refractivity contribution in [3.8, 4) is 6.07 Å². The highest BCUT2D eigenvalue weighted by Gasteiger charge is 2.28. The molecule has 1 fully saturated rings. The minimum Gasteiger partial charge on any atom is -0.363 e. The van der Waals surface area contributed by atoms with Gasteiger partial charge in [-0.3, -0.25) is 9.78 Å². The standard InChI is InChI=1S/C21H23N7O/c1-3-20(29)26-8-10-27(11-9-26)21-17-5-7-28(14-18(17)24-15(2)25-21)19-13-23-6-4-16(19)12-22/h3-4,6,13H,1,5,7-11,14H2,2H3. The summed E-state index contributed by atoms with van der Waals surface area (Å²) in [4.78, 5) is 31.7. The van der Waals surface area contributed by atoms with E-state index in [0.29, 0.717) is 25.2 Å². The largest absolute Gasteiger partial charge is 0.363 e. The number of carbonyl (C=O) groups is 1. The first-order valence-corrected chi connectivity index (χ1v) is 9.72. The maximum absolute atomic E-state index is 11.9. The highest BCUT2D eigenvalue weighted by atomic mass is 16.2. The van der Waals surface area contributed by atoms with Gasteiger partial charge in [0, 0.05) is 44.5 Å². The number of hydrogen-bond acceptors (Lipinski definition) is 7. The van der Waals surface area contributed by atoms with E-state index in [-0.39, 0.29) is 5.91 Å². The second-order valence-corrected chi connectivity index (χ2v) is 7.21. The van der Waals surface area contributed by atoms with Crippen molar-refractivity contribution in [3.63, 3.8) is 0 Å². The van der Waals surface area contributed by atoms with E-state index in [1.807, 2.05) is 11.8 Å². The number of pyridine rings is 1. The fourth-order valence-electron chi connectivity index (χ4n) is 4.00. The minimum absolute atomic E-state index is 0.0223. The van der Waals surface area contributed by atoms with Gasteiger partial charge in [0.25, 0.3) is 0 Å². The first-order chi connectivity index (χ1) is 14.1. The van der Waals surface area contributed by atoms with Crippen LogP contribution in [0, 0.1) is 18.3 Å². The maximum atomic E-state index is 11.9. The van der Waals surface area contributed by atoms with Gasteiger partial charge in [0.15, 0.2) is 0 Å². The van der Waals surface area contributed by atoms with E-state index in [2.05, 4.69) is 27.4 Å². The highest BCUT2D eigenvalue weighted by molar-refractivity contribution is 5.87. The summed E-state index contributed by atoms with van der Waals surface area (Å²) in [6.45, 7) is 9.70. The monoisotopic (exact) mass is 389 g/mol. The predicted molar refractivity (Wildman–Crippen MR) is 109 cm³/mol. The van der Waals surface area contributed by atoms with Gasteiger partial charge in [-0.1, -0.05) is 6.58 Å². The quantitative estimate of drug-likeness (QED) is 0.734. The summed E-state index contributed by atoms with van der Waals surface area (Å²) >= 11 is 0. The van der Waals surface area contributed by atoms with Gasteiger partial charge in [-0.05, 0) is 25.5 Å². The van der Waals surface area contributed by atoms with Crippen LogP contribution in [0.1, 0.15) is 22.6 Å². The first kappa shape index (κ1) is 18.9. The number of nitrogens with zero attached hydrogens (tertiary/aromatic N) is 7. The van der Waals surface area contributed by atoms with E-state index in [9.17, 15) is 10.1 Å². The van der Waals surface area contributed by atoms with Gasteiger partial charge >= 0.3 is 0 Å². The Balaban J connectivity index is 1.58. The molecule has 0 N–H and O–H groups in total. The van der Waals surface area contributed by atoms with Crippen molar-refractivity contribution in [1.82, 2.24) is 19.9 Å². The van der Waals surface area contributed by atoms with Gasteiger partial charge < -0.3 is 14.7 Å². The Morgan fingerprint density at radius 2 is 2.00 bits per heavy atom. The molecule has 2 aliphatic rings. The number of aryl methyl sites for hydroxylation is 1. The zero-order chi connectivity index (χ0) is 20.4. The molecule has 1 saturated heterocycles. The van der Waals surface area contributed by atoms with Crippen LogP contribution in [0.5, 0.6) is 0 Å². The molecule has 8 heteroatoms. The van der Waals surface area contributed by atoms with Gasteiger partial charge in [-0.15, -0.1) is 0 Å². The number of amides is 1. The predicted octanol–water partition coefficient (Wildman–Crippen LogP) is 1.45. The summed E-state index contributed by atoms with van der Waals surface area (Å²) in [5.41, 5.74) is 3.63. The SMILES string of the molecule is C=CC(=O)N1CCN(c2nc(C)nc3c2CCN(c2cnccc2C#N)C3)CC1. The van der Waals surface area contributed by atoms with Gasteiger partial charge in [-0.2, -0.15) is 5.26 Å². The van der Waals surface area contributed by atoms with Crippen LogP contribution in [0.25, 0.3) is 0 Å². The summed E-state index contributed by atoms with van der Waals surface area (Å²) in [6.07, 6.45) is 5.56. The Morgan fingerprint density at radius 3 is 2.72 bits per heavy atom. The molecule has 0 saturated carbocycles. The molecule has 0 unspecified atom stereocenters. The molecule has 148 valence electrons. The molecule has 29 heavy (non-hydrogen) atoms. The van der Waals surface area contributed by atoms with E-state index in [1.54, 1.807) is 18.5 Å². The normalized spacial score (nSPS) is 16.2. The van der Waals surface area contributed by atoms with Crippen molar-refractivity contribution < 1.29 is 4.79 Å². The van der Waals surface area contributed by atoms with Gasteiger partial charge in [-0.25, -0.2) is 9.97 Å². The smallest absolute Gasteiger partial charge is 0.246 e. The summed E-state index contributed by atoms with van der Waals surface area (Å²) in [7, 11) is 0. The third-order valence-corrected chi connectivity index (χ3v) is 5.48. The molecular formula is C21H23N7O. The number of carbonyl (C=O) groups excluding carboxylic acids is 1. The van der Waals surface area contributed by atoms with Crippen LogP contribution in [-0.2, 0) is 17.8 Å². The number of piperazine rings is 1. The molecule has 4 heterocycles. The van der Waals surface area contributed by atoms with E-state index < -0.39 is 0 Å². The lowest BCUT2D eigenvalue weighted by molar-refractivity contribution is -0.126. The van der Waals surface area contributed by atoms with Crippen LogP contribution >= 0.6 is 0 Å². The van der Waals surface area contributed by atoms with Crippen molar-refractivity contribution in [1.29, 1.82) is 5.26 Å². The molecule has 1 amide bonds. The molecule has 4 rings (SSSR count). The Kier molecular flexibility index (Phi) is 5.12. The van der Waals surface area contributed by atoms with Gasteiger partial charge in [0.05, 0.1) is 29.7 Å². The fourth-order valence-corrected chi connectivity index (χ4v) is 4.00. The number of rotatable bonds is 3. The van der Waals surface area contributed by atoms with Crippen molar-refractivity contribution in [2.45, 2.75) is 19.9 Å². The number of hydrogen-bond donors (Lipinski definition) is 0. The van der Waals surface area contributed by atoms with Crippen LogP contribution in [0.2, 0.25) is 0 Å². The Hall–Kier alpha value is -3.47. The second-order valence-electron chi connectivity index (χ2n) is 7.21. The molecule has 0 radical (unpaired) electrons.